The van der Waals surface area contributed by atoms with E-state index in [9.17, 15) is 13.2 Å². The summed E-state index contributed by atoms with van der Waals surface area (Å²) in [5.41, 5.74) is 7.62. The molecule has 0 radical (unpaired) electrons. The van der Waals surface area contributed by atoms with Crippen LogP contribution in [-0.4, -0.2) is 34.0 Å². The molecule has 0 heterocycles. The van der Waals surface area contributed by atoms with Gasteiger partial charge in [-0.3, -0.25) is 15.6 Å². The van der Waals surface area contributed by atoms with Crippen LogP contribution in [0.15, 0.2) is 53.4 Å². The maximum Gasteiger partial charge on any atom is 0.269 e. The van der Waals surface area contributed by atoms with Crippen LogP contribution in [-0.2, 0) is 10.0 Å². The first-order valence-corrected chi connectivity index (χ1v) is 10.9. The van der Waals surface area contributed by atoms with Crippen LogP contribution in [0.1, 0.15) is 36.5 Å². The molecule has 1 aliphatic rings. The molecule has 2 aromatic carbocycles. The number of sulfonamides is 1. The van der Waals surface area contributed by atoms with Gasteiger partial charge in [-0.1, -0.05) is 6.92 Å². The van der Waals surface area contributed by atoms with E-state index in [4.69, 9.17) is 0 Å². The zero-order chi connectivity index (χ0) is 20.1. The Bertz CT molecular complexity index is 907. The Morgan fingerprint density at radius 1 is 1.07 bits per heavy atom. The summed E-state index contributed by atoms with van der Waals surface area (Å²) in [5.74, 6) is -0.267. The van der Waals surface area contributed by atoms with Gasteiger partial charge >= 0.3 is 0 Å². The quantitative estimate of drug-likeness (QED) is 0.561. The number of hydrogen-bond donors (Lipinski definition) is 3. The molecule has 7 nitrogen and oxygen atoms in total. The van der Waals surface area contributed by atoms with Gasteiger partial charge in [0.15, 0.2) is 0 Å². The number of nitrogens with zero attached hydrogens (tertiary/aromatic N) is 1. The highest BCUT2D eigenvalue weighted by molar-refractivity contribution is 7.89. The molecule has 0 aliphatic heterocycles. The Kier molecular flexibility index (Phi) is 6.21. The van der Waals surface area contributed by atoms with Gasteiger partial charge in [0, 0.05) is 30.9 Å². The molecule has 3 N–H and O–H groups in total. The Hall–Kier alpha value is -2.58. The van der Waals surface area contributed by atoms with Crippen LogP contribution in [0.25, 0.3) is 0 Å². The minimum Gasteiger partial charge on any atom is -0.375 e. The summed E-state index contributed by atoms with van der Waals surface area (Å²) in [4.78, 5) is 14.6. The van der Waals surface area contributed by atoms with Crippen LogP contribution in [0, 0.1) is 0 Å². The second-order valence-electron chi connectivity index (χ2n) is 6.97. The summed E-state index contributed by atoms with van der Waals surface area (Å²) in [5, 5.41) is 0. The van der Waals surface area contributed by atoms with Crippen molar-refractivity contribution in [2.75, 3.05) is 23.9 Å². The number of carbonyl (C=O) groups excluding carboxylic acids is 1. The number of carbonyl (C=O) groups is 1. The van der Waals surface area contributed by atoms with Crippen molar-refractivity contribution in [1.29, 1.82) is 0 Å². The van der Waals surface area contributed by atoms with Gasteiger partial charge in [0.1, 0.15) is 0 Å². The first-order chi connectivity index (χ1) is 13.4. The van der Waals surface area contributed by atoms with Crippen LogP contribution in [0.4, 0.5) is 11.4 Å². The number of rotatable bonds is 9. The highest BCUT2D eigenvalue weighted by atomic mass is 32.2. The van der Waals surface area contributed by atoms with Gasteiger partial charge in [-0.05, 0) is 67.8 Å². The number of amides is 1. The van der Waals surface area contributed by atoms with Crippen LogP contribution in [0.5, 0.6) is 0 Å². The number of nitrogens with one attached hydrogen (secondary N) is 3. The van der Waals surface area contributed by atoms with E-state index in [0.717, 1.165) is 31.5 Å². The van der Waals surface area contributed by atoms with E-state index in [1.165, 1.54) is 12.1 Å². The molecule has 2 aromatic rings. The van der Waals surface area contributed by atoms with E-state index in [2.05, 4.69) is 27.4 Å². The molecular weight excluding hydrogens is 376 g/mol. The Morgan fingerprint density at radius 2 is 1.71 bits per heavy atom. The van der Waals surface area contributed by atoms with E-state index in [1.807, 2.05) is 19.2 Å². The molecule has 0 unspecified atom stereocenters. The highest BCUT2D eigenvalue weighted by Gasteiger charge is 2.27. The standard InChI is InChI=1S/C20H26N4O3S/c1-3-14-24(2)18-10-4-15(5-11-18)20(25)22-21-16-8-12-19(13-9-16)28(26,27)23-17-6-7-17/h4-5,8-13,17,21,23H,3,6-7,14H2,1-2H3,(H,22,25). The molecule has 1 saturated carbocycles. The van der Waals surface area contributed by atoms with Crippen LogP contribution < -0.4 is 20.5 Å². The van der Waals surface area contributed by atoms with Crippen molar-refractivity contribution in [1.82, 2.24) is 10.1 Å². The van der Waals surface area contributed by atoms with Crippen LogP contribution in [0.2, 0.25) is 0 Å². The van der Waals surface area contributed by atoms with Gasteiger partial charge in [-0.2, -0.15) is 0 Å². The number of hydrazine groups is 1. The van der Waals surface area contributed by atoms with E-state index < -0.39 is 10.0 Å². The fraction of sp³-hybridized carbons (Fsp3) is 0.350. The van der Waals surface area contributed by atoms with Gasteiger partial charge in [-0.25, -0.2) is 13.1 Å². The SMILES string of the molecule is CCCN(C)c1ccc(C(=O)NNc2ccc(S(=O)(=O)NC3CC3)cc2)cc1. The maximum absolute atomic E-state index is 12.3. The molecule has 150 valence electrons. The van der Waals surface area contributed by atoms with Crippen molar-refractivity contribution in [3.05, 3.63) is 54.1 Å². The predicted molar refractivity (Wildman–Crippen MR) is 111 cm³/mol. The van der Waals surface area contributed by atoms with E-state index in [0.29, 0.717) is 11.3 Å². The van der Waals surface area contributed by atoms with Gasteiger partial charge < -0.3 is 4.90 Å². The van der Waals surface area contributed by atoms with E-state index in [-0.39, 0.29) is 16.8 Å². The fourth-order valence-electron chi connectivity index (χ4n) is 2.74. The molecule has 0 aromatic heterocycles. The Labute approximate surface area is 166 Å². The third kappa shape index (κ3) is 5.24. The first-order valence-electron chi connectivity index (χ1n) is 9.39. The normalized spacial score (nSPS) is 13.8. The molecule has 0 spiro atoms. The smallest absolute Gasteiger partial charge is 0.269 e. The number of benzene rings is 2. The Morgan fingerprint density at radius 3 is 2.29 bits per heavy atom. The van der Waals surface area contributed by atoms with Crippen molar-refractivity contribution in [2.45, 2.75) is 37.1 Å². The Balaban J connectivity index is 1.55. The lowest BCUT2D eigenvalue weighted by atomic mass is 10.2. The summed E-state index contributed by atoms with van der Waals surface area (Å²) >= 11 is 0. The lowest BCUT2D eigenvalue weighted by Crippen LogP contribution is -2.29. The van der Waals surface area contributed by atoms with Gasteiger partial charge in [-0.15, -0.1) is 0 Å². The predicted octanol–water partition coefficient (Wildman–Crippen LogP) is 2.73. The minimum atomic E-state index is -3.47. The molecule has 0 atom stereocenters. The zero-order valence-corrected chi connectivity index (χ0v) is 16.9. The van der Waals surface area contributed by atoms with E-state index >= 15 is 0 Å². The molecule has 8 heteroatoms. The molecule has 3 rings (SSSR count). The largest absolute Gasteiger partial charge is 0.375 e. The summed E-state index contributed by atoms with van der Waals surface area (Å²) in [6.07, 6.45) is 2.83. The third-order valence-electron chi connectivity index (χ3n) is 4.51. The van der Waals surface area contributed by atoms with Gasteiger partial charge in [0.2, 0.25) is 10.0 Å². The van der Waals surface area contributed by atoms with Crippen molar-refractivity contribution in [3.8, 4) is 0 Å². The zero-order valence-electron chi connectivity index (χ0n) is 16.1. The molecule has 28 heavy (non-hydrogen) atoms. The molecule has 1 fully saturated rings. The van der Waals surface area contributed by atoms with Crippen LogP contribution >= 0.6 is 0 Å². The number of hydrogen-bond acceptors (Lipinski definition) is 5. The first kappa shape index (κ1) is 20.2. The summed E-state index contributed by atoms with van der Waals surface area (Å²) in [6, 6.07) is 13.7. The van der Waals surface area contributed by atoms with Crippen molar-refractivity contribution in [2.24, 2.45) is 0 Å². The van der Waals surface area contributed by atoms with Crippen LogP contribution in [0.3, 0.4) is 0 Å². The lowest BCUT2D eigenvalue weighted by Gasteiger charge is -2.18. The fourth-order valence-corrected chi connectivity index (χ4v) is 4.04. The topological polar surface area (TPSA) is 90.5 Å². The number of anilines is 2. The molecule has 1 amide bonds. The lowest BCUT2D eigenvalue weighted by molar-refractivity contribution is 0.0962. The van der Waals surface area contributed by atoms with E-state index in [1.54, 1.807) is 24.3 Å². The average Bonchev–Trinajstić information content (AvgIpc) is 3.50. The average molecular weight is 403 g/mol. The summed E-state index contributed by atoms with van der Waals surface area (Å²) < 4.78 is 26.9. The monoisotopic (exact) mass is 402 g/mol. The molecule has 0 bridgehead atoms. The molecule has 1 aliphatic carbocycles. The minimum absolute atomic E-state index is 0.0650. The maximum atomic E-state index is 12.3. The van der Waals surface area contributed by atoms with Crippen molar-refractivity contribution in [3.63, 3.8) is 0 Å². The second-order valence-corrected chi connectivity index (χ2v) is 8.68. The van der Waals surface area contributed by atoms with Gasteiger partial charge in [0.05, 0.1) is 10.6 Å². The molecular formula is C20H26N4O3S. The van der Waals surface area contributed by atoms with Gasteiger partial charge in [0.25, 0.3) is 5.91 Å². The van der Waals surface area contributed by atoms with Crippen molar-refractivity contribution >= 4 is 27.3 Å². The summed E-state index contributed by atoms with van der Waals surface area (Å²) in [6.45, 7) is 3.07. The second kappa shape index (κ2) is 8.62. The third-order valence-corrected chi connectivity index (χ3v) is 6.05. The summed E-state index contributed by atoms with van der Waals surface area (Å²) in [7, 11) is -1.45. The molecule has 0 saturated heterocycles. The highest BCUT2D eigenvalue weighted by Crippen LogP contribution is 2.22. The van der Waals surface area contributed by atoms with Crippen molar-refractivity contribution < 1.29 is 13.2 Å².